The summed E-state index contributed by atoms with van der Waals surface area (Å²) in [6.45, 7) is 4.63. The van der Waals surface area contributed by atoms with Crippen molar-refractivity contribution in [1.29, 1.82) is 0 Å². The van der Waals surface area contributed by atoms with Gasteiger partial charge in [-0.25, -0.2) is 9.79 Å². The van der Waals surface area contributed by atoms with Gasteiger partial charge in [-0.15, -0.1) is 6.42 Å². The second-order valence-electron chi connectivity index (χ2n) is 4.59. The van der Waals surface area contributed by atoms with E-state index in [1.165, 1.54) is 0 Å². The number of carbonyl (C=O) groups excluding carboxylic acids is 1. The molecule has 0 saturated heterocycles. The molecule has 0 saturated carbocycles. The molecule has 0 fully saturated rings. The van der Waals surface area contributed by atoms with Gasteiger partial charge in [-0.05, 0) is 24.5 Å². The van der Waals surface area contributed by atoms with Crippen LogP contribution in [0.1, 0.15) is 25.8 Å². The van der Waals surface area contributed by atoms with Crippen molar-refractivity contribution in [3.63, 3.8) is 0 Å². The smallest absolute Gasteiger partial charge is 0.328 e. The molecule has 5 nitrogen and oxygen atoms in total. The SMILES string of the molecule is C#CCN=C(N)NC(=O)N(CCC)c1c(Cl)cccc1CC. The number of hydrogen-bond donors (Lipinski definition) is 2. The van der Waals surface area contributed by atoms with E-state index in [-0.39, 0.29) is 18.5 Å². The van der Waals surface area contributed by atoms with E-state index in [1.54, 1.807) is 11.0 Å². The van der Waals surface area contributed by atoms with E-state index in [0.717, 1.165) is 18.4 Å². The first-order valence-corrected chi connectivity index (χ1v) is 7.52. The zero-order chi connectivity index (χ0) is 16.5. The van der Waals surface area contributed by atoms with Crippen molar-refractivity contribution in [2.75, 3.05) is 18.0 Å². The molecule has 0 radical (unpaired) electrons. The highest BCUT2D eigenvalue weighted by molar-refractivity contribution is 6.34. The predicted octanol–water partition coefficient (Wildman–Crippen LogP) is 2.78. The Balaban J connectivity index is 3.09. The predicted molar refractivity (Wildman–Crippen MR) is 92.3 cm³/mol. The minimum Gasteiger partial charge on any atom is -0.370 e. The molecule has 1 aromatic rings. The van der Waals surface area contributed by atoms with Gasteiger partial charge in [-0.1, -0.05) is 43.5 Å². The summed E-state index contributed by atoms with van der Waals surface area (Å²) in [7, 11) is 0. The van der Waals surface area contributed by atoms with Gasteiger partial charge in [0.1, 0.15) is 6.54 Å². The van der Waals surface area contributed by atoms with Gasteiger partial charge in [0, 0.05) is 6.54 Å². The molecule has 1 aromatic carbocycles. The van der Waals surface area contributed by atoms with E-state index in [2.05, 4.69) is 16.2 Å². The van der Waals surface area contributed by atoms with Crippen molar-refractivity contribution in [2.45, 2.75) is 26.7 Å². The summed E-state index contributed by atoms with van der Waals surface area (Å²) < 4.78 is 0. The topological polar surface area (TPSA) is 70.7 Å². The second-order valence-corrected chi connectivity index (χ2v) is 5.00. The van der Waals surface area contributed by atoms with Crippen LogP contribution in [0.25, 0.3) is 0 Å². The minimum atomic E-state index is -0.372. The molecule has 0 aliphatic heterocycles. The summed E-state index contributed by atoms with van der Waals surface area (Å²) in [4.78, 5) is 17.9. The van der Waals surface area contributed by atoms with Gasteiger partial charge < -0.3 is 5.73 Å². The Labute approximate surface area is 136 Å². The fraction of sp³-hybridized carbons (Fsp3) is 0.375. The van der Waals surface area contributed by atoms with E-state index in [4.69, 9.17) is 23.8 Å². The van der Waals surface area contributed by atoms with Gasteiger partial charge >= 0.3 is 6.03 Å². The van der Waals surface area contributed by atoms with Crippen LogP contribution < -0.4 is 16.0 Å². The Bertz CT molecular complexity index is 592. The highest BCUT2D eigenvalue weighted by Crippen LogP contribution is 2.30. The number of nitrogens with one attached hydrogen (secondary N) is 1. The van der Waals surface area contributed by atoms with Crippen LogP contribution in [-0.2, 0) is 6.42 Å². The Morgan fingerprint density at radius 1 is 1.50 bits per heavy atom. The van der Waals surface area contributed by atoms with E-state index >= 15 is 0 Å². The number of anilines is 1. The molecular weight excluding hydrogens is 300 g/mol. The number of halogens is 1. The number of carbonyl (C=O) groups is 1. The first kappa shape index (κ1) is 17.9. The third-order valence-corrected chi connectivity index (χ3v) is 3.29. The van der Waals surface area contributed by atoms with Gasteiger partial charge in [0.15, 0.2) is 5.96 Å². The van der Waals surface area contributed by atoms with Crippen LogP contribution in [0.2, 0.25) is 5.02 Å². The number of nitrogens with two attached hydrogens (primary N) is 1. The summed E-state index contributed by atoms with van der Waals surface area (Å²) in [6, 6.07) is 5.22. The third-order valence-electron chi connectivity index (χ3n) is 2.99. The molecule has 0 aliphatic rings. The van der Waals surface area contributed by atoms with Crippen molar-refractivity contribution in [2.24, 2.45) is 10.7 Å². The van der Waals surface area contributed by atoms with Crippen molar-refractivity contribution < 1.29 is 4.79 Å². The van der Waals surface area contributed by atoms with Gasteiger partial charge in [0.25, 0.3) is 0 Å². The van der Waals surface area contributed by atoms with E-state index in [0.29, 0.717) is 17.3 Å². The monoisotopic (exact) mass is 320 g/mol. The molecule has 1 rings (SSSR count). The van der Waals surface area contributed by atoms with Crippen LogP contribution in [0.4, 0.5) is 10.5 Å². The van der Waals surface area contributed by atoms with E-state index in [1.807, 2.05) is 26.0 Å². The molecule has 0 aromatic heterocycles. The molecule has 0 aliphatic carbocycles. The Hall–Kier alpha value is -2.19. The summed E-state index contributed by atoms with van der Waals surface area (Å²) >= 11 is 6.29. The van der Waals surface area contributed by atoms with Gasteiger partial charge in [-0.3, -0.25) is 10.2 Å². The summed E-state index contributed by atoms with van der Waals surface area (Å²) in [5, 5.41) is 3.07. The number of aryl methyl sites for hydroxylation is 1. The van der Waals surface area contributed by atoms with E-state index in [9.17, 15) is 4.79 Å². The maximum atomic E-state index is 12.5. The number of aliphatic imine (C=N–C) groups is 1. The molecule has 0 unspecified atom stereocenters. The lowest BCUT2D eigenvalue weighted by atomic mass is 10.1. The van der Waals surface area contributed by atoms with Crippen molar-refractivity contribution in [1.82, 2.24) is 5.32 Å². The zero-order valence-corrected chi connectivity index (χ0v) is 13.7. The number of guanidine groups is 1. The first-order valence-electron chi connectivity index (χ1n) is 7.14. The van der Waals surface area contributed by atoms with Crippen LogP contribution in [-0.4, -0.2) is 25.1 Å². The van der Waals surface area contributed by atoms with Crippen LogP contribution in [0.5, 0.6) is 0 Å². The molecule has 3 N–H and O–H groups in total. The Morgan fingerprint density at radius 2 is 2.23 bits per heavy atom. The van der Waals surface area contributed by atoms with Gasteiger partial charge in [-0.2, -0.15) is 0 Å². The number of urea groups is 1. The Kier molecular flexibility index (Phi) is 7.27. The van der Waals surface area contributed by atoms with Gasteiger partial charge in [0.2, 0.25) is 0 Å². The number of para-hydroxylation sites is 1. The summed E-state index contributed by atoms with van der Waals surface area (Å²) in [6.07, 6.45) is 6.66. The quantitative estimate of drug-likeness (QED) is 0.497. The first-order chi connectivity index (χ1) is 10.5. The summed E-state index contributed by atoms with van der Waals surface area (Å²) in [5.74, 6) is 2.33. The molecular formula is C16H21ClN4O. The number of benzene rings is 1. The molecule has 0 atom stereocenters. The van der Waals surface area contributed by atoms with Crippen molar-refractivity contribution in [3.05, 3.63) is 28.8 Å². The molecule has 0 spiro atoms. The minimum absolute atomic E-state index is 0.00541. The van der Waals surface area contributed by atoms with E-state index < -0.39 is 0 Å². The van der Waals surface area contributed by atoms with Crippen molar-refractivity contribution >= 4 is 29.3 Å². The second kappa shape index (κ2) is 8.96. The maximum Gasteiger partial charge on any atom is 0.328 e. The number of hydrogen-bond acceptors (Lipinski definition) is 2. The Morgan fingerprint density at radius 3 is 2.82 bits per heavy atom. The molecule has 2 amide bonds. The average molecular weight is 321 g/mol. The normalized spacial score (nSPS) is 10.9. The highest BCUT2D eigenvalue weighted by Gasteiger charge is 2.20. The number of rotatable bonds is 5. The van der Waals surface area contributed by atoms with Gasteiger partial charge in [0.05, 0.1) is 10.7 Å². The number of amides is 2. The average Bonchev–Trinajstić information content (AvgIpc) is 2.50. The molecule has 6 heteroatoms. The lowest BCUT2D eigenvalue weighted by Gasteiger charge is -2.25. The standard InChI is InChI=1S/C16H21ClN4O/c1-4-10-19-15(18)20-16(22)21(11-5-2)14-12(6-3)8-7-9-13(14)17/h1,7-9H,5-6,10-11H2,2-3H3,(H3,18,19,20,22). The fourth-order valence-electron chi connectivity index (χ4n) is 2.03. The fourth-order valence-corrected chi connectivity index (χ4v) is 2.33. The van der Waals surface area contributed by atoms with Crippen molar-refractivity contribution in [3.8, 4) is 12.3 Å². The lowest BCUT2D eigenvalue weighted by Crippen LogP contribution is -2.46. The highest BCUT2D eigenvalue weighted by atomic mass is 35.5. The molecule has 118 valence electrons. The van der Waals surface area contributed by atoms with Crippen LogP contribution >= 0.6 is 11.6 Å². The van der Waals surface area contributed by atoms with Crippen LogP contribution in [0, 0.1) is 12.3 Å². The zero-order valence-electron chi connectivity index (χ0n) is 12.9. The molecule has 22 heavy (non-hydrogen) atoms. The lowest BCUT2D eigenvalue weighted by molar-refractivity contribution is 0.250. The molecule has 0 heterocycles. The van der Waals surface area contributed by atoms with Crippen LogP contribution in [0.3, 0.4) is 0 Å². The third kappa shape index (κ3) is 4.68. The number of nitrogens with zero attached hydrogens (tertiary/aromatic N) is 2. The number of terminal acetylenes is 1. The molecule has 0 bridgehead atoms. The summed E-state index contributed by atoms with van der Waals surface area (Å²) in [5.41, 5.74) is 7.34. The largest absolute Gasteiger partial charge is 0.370 e. The van der Waals surface area contributed by atoms with Crippen LogP contribution in [0.15, 0.2) is 23.2 Å². The maximum absolute atomic E-state index is 12.5.